The molecule has 2 aromatic heterocycles. The fourth-order valence-corrected chi connectivity index (χ4v) is 4.34. The van der Waals surface area contributed by atoms with Crippen LogP contribution in [0.3, 0.4) is 0 Å². The molecule has 0 spiro atoms. The first-order chi connectivity index (χ1) is 17.5. The second kappa shape index (κ2) is 10.4. The lowest BCUT2D eigenvalue weighted by Crippen LogP contribution is -2.47. The summed E-state index contributed by atoms with van der Waals surface area (Å²) in [6.45, 7) is 6.81. The van der Waals surface area contributed by atoms with Gasteiger partial charge in [-0.05, 0) is 60.9 Å². The zero-order chi connectivity index (χ0) is 25.1. The molecule has 3 aromatic rings. The summed E-state index contributed by atoms with van der Waals surface area (Å²) in [5, 5.41) is 6.04. The van der Waals surface area contributed by atoms with Crippen molar-refractivity contribution in [2.45, 2.75) is 25.3 Å². The van der Waals surface area contributed by atoms with Gasteiger partial charge in [-0.2, -0.15) is 4.39 Å². The van der Waals surface area contributed by atoms with E-state index in [1.165, 1.54) is 18.2 Å². The maximum Gasteiger partial charge on any atom is 0.239 e. The van der Waals surface area contributed by atoms with Crippen molar-refractivity contribution in [2.24, 2.45) is 9.98 Å². The van der Waals surface area contributed by atoms with Gasteiger partial charge in [0.25, 0.3) is 0 Å². The largest absolute Gasteiger partial charge is 0.354 e. The molecule has 7 nitrogen and oxygen atoms in total. The van der Waals surface area contributed by atoms with Gasteiger partial charge in [0.1, 0.15) is 34.7 Å². The number of halogens is 3. The molecule has 1 saturated heterocycles. The van der Waals surface area contributed by atoms with Crippen molar-refractivity contribution in [1.29, 1.82) is 0 Å². The minimum absolute atomic E-state index is 0.115. The molecule has 0 radical (unpaired) electrons. The number of benzene rings is 1. The number of rotatable bonds is 7. The highest BCUT2D eigenvalue weighted by Crippen LogP contribution is 2.44. The summed E-state index contributed by atoms with van der Waals surface area (Å²) in [6, 6.07) is 7.12. The number of aliphatic imine (C=N–C) groups is 2. The van der Waals surface area contributed by atoms with Gasteiger partial charge in [0, 0.05) is 38.6 Å². The quantitative estimate of drug-likeness (QED) is 0.284. The van der Waals surface area contributed by atoms with E-state index >= 15 is 0 Å². The van der Waals surface area contributed by atoms with Gasteiger partial charge in [-0.25, -0.2) is 18.7 Å². The zero-order valence-corrected chi connectivity index (χ0v) is 19.6. The Balaban J connectivity index is 1.50. The molecular weight excluding hydrogens is 467 g/mol. The number of nitrogens with one attached hydrogen (secondary N) is 2. The molecular formula is C26H26F3N7. The molecule has 2 aliphatic rings. The van der Waals surface area contributed by atoms with E-state index in [9.17, 15) is 13.2 Å². The molecule has 2 N–H and O–H groups in total. The van der Waals surface area contributed by atoms with Crippen LogP contribution in [0.5, 0.6) is 0 Å². The maximum absolute atomic E-state index is 14.7. The van der Waals surface area contributed by atoms with Crippen molar-refractivity contribution in [1.82, 2.24) is 20.2 Å². The molecule has 0 unspecified atom stereocenters. The number of para-hydroxylation sites is 1. The Hall–Kier alpha value is -3.79. The van der Waals surface area contributed by atoms with E-state index in [-0.39, 0.29) is 23.7 Å². The molecule has 3 heterocycles. The van der Waals surface area contributed by atoms with Crippen LogP contribution < -0.4 is 10.6 Å². The van der Waals surface area contributed by atoms with Gasteiger partial charge in [-0.1, -0.05) is 6.07 Å². The monoisotopic (exact) mass is 493 g/mol. The number of hydrogen-bond donors (Lipinski definition) is 2. The van der Waals surface area contributed by atoms with Gasteiger partial charge >= 0.3 is 0 Å². The summed E-state index contributed by atoms with van der Waals surface area (Å²) in [5.74, 6) is -0.856. The minimum Gasteiger partial charge on any atom is -0.354 e. The van der Waals surface area contributed by atoms with E-state index in [1.54, 1.807) is 24.5 Å². The minimum atomic E-state index is -0.710. The third-order valence-electron chi connectivity index (χ3n) is 6.30. The third kappa shape index (κ3) is 5.08. The summed E-state index contributed by atoms with van der Waals surface area (Å²) in [5.41, 5.74) is 2.19. The Morgan fingerprint density at radius 3 is 2.56 bits per heavy atom. The molecule has 186 valence electrons. The lowest BCUT2D eigenvalue weighted by molar-refractivity contribution is 0.356. The van der Waals surface area contributed by atoms with Crippen LogP contribution >= 0.6 is 0 Å². The molecule has 1 aromatic carbocycles. The zero-order valence-electron chi connectivity index (χ0n) is 19.6. The standard InChI is InChI=1S/C26H26F3N7/c1-30-24-22(18(17-5-6-17)15-33-25(24)29)26(36-11-9-31-10-12-36)34-14-16-7-8-32-21(13-16)35-23-19(27)3-2-4-20(23)28/h2-4,7-8,13,15,17,31H,1,5-6,9-12,14H2,(H,32,35). The van der Waals surface area contributed by atoms with Crippen LogP contribution in [0.15, 0.2) is 52.7 Å². The molecule has 1 aliphatic carbocycles. The fourth-order valence-electron chi connectivity index (χ4n) is 4.34. The van der Waals surface area contributed by atoms with Crippen molar-refractivity contribution in [2.75, 3.05) is 31.5 Å². The smallest absolute Gasteiger partial charge is 0.239 e. The summed E-state index contributed by atoms with van der Waals surface area (Å²) >= 11 is 0. The first kappa shape index (κ1) is 23.9. The molecule has 1 aliphatic heterocycles. The third-order valence-corrected chi connectivity index (χ3v) is 6.30. The average molecular weight is 494 g/mol. The number of aromatic nitrogens is 2. The summed E-state index contributed by atoms with van der Waals surface area (Å²) in [6.07, 6.45) is 5.16. The molecule has 5 rings (SSSR count). The van der Waals surface area contributed by atoms with Crippen LogP contribution in [0.25, 0.3) is 0 Å². The lowest BCUT2D eigenvalue weighted by Gasteiger charge is -2.32. The number of piperazine rings is 1. The van der Waals surface area contributed by atoms with Crippen LogP contribution in [0.1, 0.15) is 35.4 Å². The van der Waals surface area contributed by atoms with Crippen molar-refractivity contribution in [3.63, 3.8) is 0 Å². The van der Waals surface area contributed by atoms with E-state index < -0.39 is 17.6 Å². The molecule has 2 fully saturated rings. The normalized spacial score (nSPS) is 16.2. The Morgan fingerprint density at radius 2 is 1.86 bits per heavy atom. The van der Waals surface area contributed by atoms with Gasteiger partial charge in [0.2, 0.25) is 5.95 Å². The predicted molar refractivity (Wildman–Crippen MR) is 134 cm³/mol. The molecule has 0 bridgehead atoms. The van der Waals surface area contributed by atoms with Crippen LogP contribution in [0.4, 0.5) is 30.4 Å². The van der Waals surface area contributed by atoms with Crippen molar-refractivity contribution >= 4 is 29.7 Å². The lowest BCUT2D eigenvalue weighted by atomic mass is 10.0. The van der Waals surface area contributed by atoms with E-state index in [4.69, 9.17) is 4.99 Å². The molecule has 1 saturated carbocycles. The summed E-state index contributed by atoms with van der Waals surface area (Å²) < 4.78 is 42.9. The first-order valence-electron chi connectivity index (χ1n) is 11.9. The number of pyridine rings is 2. The Bertz CT molecular complexity index is 1280. The number of hydrogen-bond acceptors (Lipinski definition) is 6. The van der Waals surface area contributed by atoms with Crippen LogP contribution in [0, 0.1) is 17.6 Å². The van der Waals surface area contributed by atoms with Crippen molar-refractivity contribution in [3.8, 4) is 0 Å². The highest BCUT2D eigenvalue weighted by molar-refractivity contribution is 6.04. The van der Waals surface area contributed by atoms with Gasteiger partial charge < -0.3 is 15.5 Å². The maximum atomic E-state index is 14.7. The van der Waals surface area contributed by atoms with Gasteiger partial charge in [0.05, 0.1) is 12.1 Å². The Labute approximate surface area is 207 Å². The number of amidine groups is 1. The molecule has 0 atom stereocenters. The van der Waals surface area contributed by atoms with Gasteiger partial charge in [-0.15, -0.1) is 0 Å². The summed E-state index contributed by atoms with van der Waals surface area (Å²) in [7, 11) is 0. The Morgan fingerprint density at radius 1 is 1.11 bits per heavy atom. The first-order valence-corrected chi connectivity index (χ1v) is 11.9. The van der Waals surface area contributed by atoms with Crippen molar-refractivity contribution in [3.05, 3.63) is 77.0 Å². The number of anilines is 2. The van der Waals surface area contributed by atoms with E-state index in [0.29, 0.717) is 30.4 Å². The van der Waals surface area contributed by atoms with Gasteiger partial charge in [-0.3, -0.25) is 9.98 Å². The average Bonchev–Trinajstić information content (AvgIpc) is 3.73. The van der Waals surface area contributed by atoms with Gasteiger partial charge in [0.15, 0.2) is 0 Å². The van der Waals surface area contributed by atoms with Crippen LogP contribution in [0.2, 0.25) is 0 Å². The van der Waals surface area contributed by atoms with E-state index in [2.05, 4.69) is 37.2 Å². The second-order valence-corrected chi connectivity index (χ2v) is 8.81. The Kier molecular flexibility index (Phi) is 6.95. The highest BCUT2D eigenvalue weighted by Gasteiger charge is 2.32. The summed E-state index contributed by atoms with van der Waals surface area (Å²) in [4.78, 5) is 19.1. The SMILES string of the molecule is C=Nc1c(F)ncc(C2CC2)c1C(=NCc1ccnc(Nc2c(F)cccc2F)c1)N1CCNCC1. The highest BCUT2D eigenvalue weighted by atomic mass is 19.1. The predicted octanol–water partition coefficient (Wildman–Crippen LogP) is 4.70. The molecule has 36 heavy (non-hydrogen) atoms. The van der Waals surface area contributed by atoms with Crippen LogP contribution in [-0.2, 0) is 6.54 Å². The van der Waals surface area contributed by atoms with E-state index in [1.807, 2.05) is 0 Å². The topological polar surface area (TPSA) is 77.8 Å². The van der Waals surface area contributed by atoms with Crippen LogP contribution in [-0.4, -0.2) is 53.6 Å². The molecule has 10 heteroatoms. The molecule has 0 amide bonds. The van der Waals surface area contributed by atoms with Crippen molar-refractivity contribution < 1.29 is 13.2 Å². The second-order valence-electron chi connectivity index (χ2n) is 8.81. The van der Waals surface area contributed by atoms with E-state index in [0.717, 1.165) is 37.1 Å². The fraction of sp³-hybridized carbons (Fsp3) is 0.308. The number of nitrogens with zero attached hydrogens (tertiary/aromatic N) is 5.